The second kappa shape index (κ2) is 6.49. The van der Waals surface area contributed by atoms with Crippen molar-refractivity contribution >= 4 is 17.5 Å². The monoisotopic (exact) mass is 295 g/mol. The van der Waals surface area contributed by atoms with Gasteiger partial charge in [-0.25, -0.2) is 9.78 Å². The van der Waals surface area contributed by atoms with E-state index in [0.717, 1.165) is 31.5 Å². The Hall–Kier alpha value is -2.22. The van der Waals surface area contributed by atoms with Gasteiger partial charge in [0.05, 0.1) is 4.92 Å². The van der Waals surface area contributed by atoms with Crippen molar-refractivity contribution in [2.24, 2.45) is 0 Å². The van der Waals surface area contributed by atoms with Crippen LogP contribution in [0.25, 0.3) is 0 Å². The zero-order valence-corrected chi connectivity index (χ0v) is 11.4. The molecule has 1 aromatic rings. The van der Waals surface area contributed by atoms with E-state index in [1.54, 1.807) is 0 Å². The lowest BCUT2D eigenvalue weighted by Gasteiger charge is -2.38. The van der Waals surface area contributed by atoms with Gasteiger partial charge in [-0.2, -0.15) is 0 Å². The lowest BCUT2D eigenvalue weighted by atomic mass is 9.91. The molecule has 1 aliphatic rings. The Balaban J connectivity index is 2.38. The summed E-state index contributed by atoms with van der Waals surface area (Å²) in [5.74, 6) is -0.999. The van der Waals surface area contributed by atoms with Gasteiger partial charge in [0.25, 0.3) is 5.69 Å². The quantitative estimate of drug-likeness (QED) is 0.577. The second-order valence-electron chi connectivity index (χ2n) is 4.98. The summed E-state index contributed by atoms with van der Waals surface area (Å²) in [5, 5.41) is 29.0. The van der Waals surface area contributed by atoms with Crippen LogP contribution in [0.15, 0.2) is 12.3 Å². The van der Waals surface area contributed by atoms with E-state index in [4.69, 9.17) is 5.11 Å². The number of nitro groups is 1. The molecule has 0 saturated heterocycles. The molecule has 0 amide bonds. The molecule has 1 aliphatic carbocycles. The summed E-state index contributed by atoms with van der Waals surface area (Å²) in [6, 6.07) is 1.22. The minimum absolute atomic E-state index is 0.00138. The summed E-state index contributed by atoms with van der Waals surface area (Å²) >= 11 is 0. The molecule has 0 bridgehead atoms. The first-order chi connectivity index (χ1) is 10.0. The Bertz CT molecular complexity index is 545. The Morgan fingerprint density at radius 2 is 2.24 bits per heavy atom. The van der Waals surface area contributed by atoms with Gasteiger partial charge in [-0.1, -0.05) is 0 Å². The lowest BCUT2D eigenvalue weighted by molar-refractivity contribution is -0.385. The van der Waals surface area contributed by atoms with Gasteiger partial charge in [0.1, 0.15) is 17.6 Å². The number of pyridine rings is 1. The van der Waals surface area contributed by atoms with E-state index in [1.807, 2.05) is 4.90 Å². The van der Waals surface area contributed by atoms with Crippen LogP contribution in [0.2, 0.25) is 0 Å². The Morgan fingerprint density at radius 1 is 1.52 bits per heavy atom. The maximum absolute atomic E-state index is 11.4. The molecule has 2 rings (SSSR count). The summed E-state index contributed by atoms with van der Waals surface area (Å²) < 4.78 is 0. The Kier molecular flexibility index (Phi) is 4.69. The molecule has 0 aromatic carbocycles. The fourth-order valence-corrected chi connectivity index (χ4v) is 2.33. The van der Waals surface area contributed by atoms with Gasteiger partial charge in [0, 0.05) is 25.3 Å². The van der Waals surface area contributed by atoms with Crippen molar-refractivity contribution in [1.82, 2.24) is 4.98 Å². The number of nitrogens with zero attached hydrogens (tertiary/aromatic N) is 3. The molecule has 2 N–H and O–H groups in total. The normalized spacial score (nSPS) is 14.5. The first-order valence-electron chi connectivity index (χ1n) is 6.80. The molecule has 1 fully saturated rings. The highest BCUT2D eigenvalue weighted by Gasteiger charge is 2.29. The summed E-state index contributed by atoms with van der Waals surface area (Å²) in [6.45, 7) is 0.477. The van der Waals surface area contributed by atoms with Crippen LogP contribution < -0.4 is 4.90 Å². The highest BCUT2D eigenvalue weighted by atomic mass is 16.6. The third-order valence-corrected chi connectivity index (χ3v) is 3.64. The van der Waals surface area contributed by atoms with Crippen LogP contribution in [0.5, 0.6) is 0 Å². The molecule has 8 heteroatoms. The van der Waals surface area contributed by atoms with Crippen LogP contribution in [0.1, 0.15) is 36.0 Å². The minimum atomic E-state index is -1.24. The average molecular weight is 295 g/mol. The van der Waals surface area contributed by atoms with Gasteiger partial charge in [0.15, 0.2) is 0 Å². The molecule has 0 spiro atoms. The van der Waals surface area contributed by atoms with Crippen LogP contribution >= 0.6 is 0 Å². The fourth-order valence-electron chi connectivity index (χ4n) is 2.33. The van der Waals surface area contributed by atoms with Crippen molar-refractivity contribution in [3.05, 3.63) is 27.9 Å². The molecule has 1 heterocycles. The predicted octanol–water partition coefficient (Wildman–Crippen LogP) is 1.43. The average Bonchev–Trinajstić information content (AvgIpc) is 2.40. The van der Waals surface area contributed by atoms with Crippen LogP contribution in [0.3, 0.4) is 0 Å². The number of aromatic nitrogens is 1. The van der Waals surface area contributed by atoms with Gasteiger partial charge < -0.3 is 15.1 Å². The largest absolute Gasteiger partial charge is 0.478 e. The van der Waals surface area contributed by atoms with E-state index in [1.165, 1.54) is 0 Å². The number of rotatable bonds is 7. The third-order valence-electron chi connectivity index (χ3n) is 3.64. The van der Waals surface area contributed by atoms with E-state index in [-0.39, 0.29) is 29.7 Å². The fraction of sp³-hybridized carbons (Fsp3) is 0.538. The van der Waals surface area contributed by atoms with E-state index in [0.29, 0.717) is 13.0 Å². The van der Waals surface area contributed by atoms with Crippen molar-refractivity contribution in [2.75, 3.05) is 18.1 Å². The summed E-state index contributed by atoms with van der Waals surface area (Å²) in [4.78, 5) is 27.3. The smallest absolute Gasteiger partial charge is 0.339 e. The lowest BCUT2D eigenvalue weighted by Crippen LogP contribution is -2.42. The van der Waals surface area contributed by atoms with Crippen molar-refractivity contribution in [1.29, 1.82) is 0 Å². The highest BCUT2D eigenvalue weighted by Crippen LogP contribution is 2.31. The molecule has 114 valence electrons. The van der Waals surface area contributed by atoms with Crippen molar-refractivity contribution in [3.63, 3.8) is 0 Å². The van der Waals surface area contributed by atoms with Crippen molar-refractivity contribution in [2.45, 2.75) is 31.7 Å². The van der Waals surface area contributed by atoms with E-state index in [9.17, 15) is 20.0 Å². The molecular formula is C13H17N3O5. The number of anilines is 1. The van der Waals surface area contributed by atoms with E-state index >= 15 is 0 Å². The number of carboxylic acids is 1. The van der Waals surface area contributed by atoms with Gasteiger partial charge in [-0.05, 0) is 25.7 Å². The molecular weight excluding hydrogens is 278 g/mol. The third kappa shape index (κ3) is 3.27. The first kappa shape index (κ1) is 15.2. The number of aliphatic hydroxyl groups excluding tert-OH is 1. The zero-order chi connectivity index (χ0) is 15.4. The molecule has 0 unspecified atom stereocenters. The number of aromatic carboxylic acids is 1. The Labute approximate surface area is 121 Å². The first-order valence-corrected chi connectivity index (χ1v) is 6.80. The van der Waals surface area contributed by atoms with Gasteiger partial charge in [0.2, 0.25) is 0 Å². The molecule has 0 atom stereocenters. The maximum atomic E-state index is 11.4. The molecule has 1 aromatic heterocycles. The second-order valence-corrected chi connectivity index (χ2v) is 4.98. The van der Waals surface area contributed by atoms with Crippen LogP contribution in [0.4, 0.5) is 11.5 Å². The molecule has 21 heavy (non-hydrogen) atoms. The number of carboxylic acid groups (broad SMARTS) is 1. The van der Waals surface area contributed by atoms with Crippen LogP contribution in [0, 0.1) is 10.1 Å². The van der Waals surface area contributed by atoms with Crippen LogP contribution in [-0.2, 0) is 0 Å². The predicted molar refractivity (Wildman–Crippen MR) is 74.5 cm³/mol. The summed E-state index contributed by atoms with van der Waals surface area (Å²) in [6.07, 6.45) is 4.50. The summed E-state index contributed by atoms with van der Waals surface area (Å²) in [5.41, 5.74) is -0.513. The summed E-state index contributed by atoms with van der Waals surface area (Å²) in [7, 11) is 0. The number of hydrogen-bond acceptors (Lipinski definition) is 6. The van der Waals surface area contributed by atoms with Gasteiger partial charge in [-0.3, -0.25) is 10.1 Å². The van der Waals surface area contributed by atoms with E-state index < -0.39 is 10.9 Å². The molecule has 8 nitrogen and oxygen atoms in total. The van der Waals surface area contributed by atoms with E-state index in [2.05, 4.69) is 4.98 Å². The van der Waals surface area contributed by atoms with Gasteiger partial charge >= 0.3 is 5.97 Å². The maximum Gasteiger partial charge on any atom is 0.339 e. The number of carbonyl (C=O) groups is 1. The number of aliphatic hydroxyl groups is 1. The SMILES string of the molecule is O=C(O)c1cc([N+](=O)[O-])cnc1N(CCCO)C1CCC1. The Morgan fingerprint density at radius 3 is 2.71 bits per heavy atom. The topological polar surface area (TPSA) is 117 Å². The van der Waals surface area contributed by atoms with Crippen LogP contribution in [-0.4, -0.2) is 45.3 Å². The van der Waals surface area contributed by atoms with Gasteiger partial charge in [-0.15, -0.1) is 0 Å². The molecule has 0 aliphatic heterocycles. The number of hydrogen-bond donors (Lipinski definition) is 2. The van der Waals surface area contributed by atoms with Crippen molar-refractivity contribution < 1.29 is 19.9 Å². The molecule has 1 saturated carbocycles. The zero-order valence-electron chi connectivity index (χ0n) is 11.4. The van der Waals surface area contributed by atoms with Crippen molar-refractivity contribution in [3.8, 4) is 0 Å². The molecule has 0 radical (unpaired) electrons. The standard InChI is InChI=1S/C13H17N3O5/c17-6-2-5-15(9-3-1-4-9)12-11(13(18)19)7-10(8-14-12)16(20)21/h7-9,17H,1-6H2,(H,18,19). The highest BCUT2D eigenvalue weighted by molar-refractivity contribution is 5.94. The minimum Gasteiger partial charge on any atom is -0.478 e.